The van der Waals surface area contributed by atoms with Crippen molar-refractivity contribution in [3.63, 3.8) is 0 Å². The highest BCUT2D eigenvalue weighted by atomic mass is 16.5. The second-order valence-corrected chi connectivity index (χ2v) is 6.98. The van der Waals surface area contributed by atoms with Crippen LogP contribution in [0.4, 0.5) is 0 Å². The van der Waals surface area contributed by atoms with Gasteiger partial charge in [-0.05, 0) is 49.2 Å². The summed E-state index contributed by atoms with van der Waals surface area (Å²) in [6.45, 7) is 1.44. The van der Waals surface area contributed by atoms with Gasteiger partial charge in [-0.2, -0.15) is 0 Å². The lowest BCUT2D eigenvalue weighted by Crippen LogP contribution is -2.39. The fraction of sp³-hybridized carbons (Fsp3) is 0.261. The molecule has 2 aromatic heterocycles. The van der Waals surface area contributed by atoms with Crippen LogP contribution < -0.4 is 4.74 Å². The molecule has 28 heavy (non-hydrogen) atoms. The molecule has 5 nitrogen and oxygen atoms in total. The Labute approximate surface area is 165 Å². The number of carbonyl (C=O) groups excluding carboxylic acids is 1. The Morgan fingerprint density at radius 3 is 2.82 bits per heavy atom. The van der Waals surface area contributed by atoms with Gasteiger partial charge in [0.2, 0.25) is 0 Å². The van der Waals surface area contributed by atoms with Crippen LogP contribution in [0.2, 0.25) is 0 Å². The second kappa shape index (κ2) is 8.21. The predicted octanol–water partition coefficient (Wildman–Crippen LogP) is 4.17. The van der Waals surface area contributed by atoms with Gasteiger partial charge in [-0.25, -0.2) is 0 Å². The van der Waals surface area contributed by atoms with Crippen molar-refractivity contribution in [2.45, 2.75) is 18.8 Å². The molecule has 1 atom stereocenters. The van der Waals surface area contributed by atoms with Gasteiger partial charge in [-0.1, -0.05) is 24.3 Å². The highest BCUT2D eigenvalue weighted by molar-refractivity contribution is 5.92. The van der Waals surface area contributed by atoms with Crippen LogP contribution in [0.5, 0.6) is 5.75 Å². The van der Waals surface area contributed by atoms with Crippen LogP contribution in [0, 0.1) is 0 Å². The Bertz CT molecular complexity index is 959. The molecule has 1 aliphatic heterocycles. The van der Waals surface area contributed by atoms with Crippen molar-refractivity contribution in [1.29, 1.82) is 0 Å². The van der Waals surface area contributed by atoms with Crippen molar-refractivity contribution in [1.82, 2.24) is 14.9 Å². The molecule has 0 unspecified atom stereocenters. The summed E-state index contributed by atoms with van der Waals surface area (Å²) < 4.78 is 5.33. The number of hydrogen-bond acceptors (Lipinski definition) is 4. The molecule has 4 rings (SSSR count). The van der Waals surface area contributed by atoms with Crippen molar-refractivity contribution >= 4 is 5.91 Å². The van der Waals surface area contributed by atoms with Gasteiger partial charge >= 0.3 is 0 Å². The number of nitrogens with zero attached hydrogens (tertiary/aromatic N) is 3. The number of hydrogen-bond donors (Lipinski definition) is 0. The molecular weight excluding hydrogens is 350 g/mol. The molecule has 0 N–H and O–H groups in total. The quantitative estimate of drug-likeness (QED) is 0.689. The molecule has 0 bridgehead atoms. The molecule has 1 aromatic carbocycles. The van der Waals surface area contributed by atoms with Crippen LogP contribution in [0.1, 0.15) is 34.9 Å². The first-order valence-corrected chi connectivity index (χ1v) is 9.56. The minimum atomic E-state index is -0.00532. The number of carbonyl (C=O) groups is 1. The lowest BCUT2D eigenvalue weighted by Gasteiger charge is -2.32. The third-order valence-corrected chi connectivity index (χ3v) is 5.15. The maximum atomic E-state index is 12.8. The molecule has 1 fully saturated rings. The number of rotatable bonds is 4. The number of piperidine rings is 1. The minimum absolute atomic E-state index is 0.00532. The first kappa shape index (κ1) is 18.2. The Morgan fingerprint density at radius 2 is 2.00 bits per heavy atom. The van der Waals surface area contributed by atoms with E-state index in [2.05, 4.69) is 11.1 Å². The zero-order valence-corrected chi connectivity index (χ0v) is 15.9. The summed E-state index contributed by atoms with van der Waals surface area (Å²) in [6.07, 6.45) is 3.66. The Morgan fingerprint density at radius 1 is 1.11 bits per heavy atom. The third kappa shape index (κ3) is 3.88. The summed E-state index contributed by atoms with van der Waals surface area (Å²) in [5, 5.41) is 0. The molecule has 1 saturated heterocycles. The summed E-state index contributed by atoms with van der Waals surface area (Å²) in [7, 11) is 1.66. The largest absolute Gasteiger partial charge is 0.497 e. The first-order valence-electron chi connectivity index (χ1n) is 9.56. The maximum absolute atomic E-state index is 12.8. The first-order chi connectivity index (χ1) is 13.7. The van der Waals surface area contributed by atoms with Crippen LogP contribution in [0.3, 0.4) is 0 Å². The van der Waals surface area contributed by atoms with Crippen LogP contribution in [-0.2, 0) is 0 Å². The topological polar surface area (TPSA) is 55.3 Å². The van der Waals surface area contributed by atoms with E-state index in [1.54, 1.807) is 19.4 Å². The molecule has 1 aliphatic rings. The van der Waals surface area contributed by atoms with E-state index in [1.807, 2.05) is 53.4 Å². The molecule has 0 radical (unpaired) electrons. The number of amides is 1. The van der Waals surface area contributed by atoms with Crippen molar-refractivity contribution in [3.8, 4) is 17.0 Å². The van der Waals surface area contributed by atoms with Crippen molar-refractivity contribution in [2.75, 3.05) is 20.2 Å². The van der Waals surface area contributed by atoms with Gasteiger partial charge in [0.25, 0.3) is 5.91 Å². The zero-order chi connectivity index (χ0) is 19.3. The molecule has 0 saturated carbocycles. The Kier molecular flexibility index (Phi) is 5.33. The SMILES string of the molecule is COc1cccc(-c2cccc([C@@H]3CCCN(C(=O)c4ccccn4)C3)n2)c1. The standard InChI is InChI=1S/C23H23N3O2/c1-28-19-9-4-7-17(15-19)20-11-5-12-21(25-20)18-8-6-14-26(16-18)23(27)22-10-2-3-13-24-22/h2-5,7,9-13,15,18H,6,8,14,16H2,1H3/t18-/m1/s1. The van der Waals surface area contributed by atoms with Gasteiger partial charge in [0, 0.05) is 36.5 Å². The Hall–Kier alpha value is -3.21. The van der Waals surface area contributed by atoms with Gasteiger partial charge in [0.05, 0.1) is 12.8 Å². The third-order valence-electron chi connectivity index (χ3n) is 5.15. The van der Waals surface area contributed by atoms with Crippen LogP contribution in [0.25, 0.3) is 11.3 Å². The number of likely N-dealkylation sites (tertiary alicyclic amines) is 1. The molecular formula is C23H23N3O2. The second-order valence-electron chi connectivity index (χ2n) is 6.98. The van der Waals surface area contributed by atoms with Crippen LogP contribution in [-0.4, -0.2) is 41.0 Å². The Balaban J connectivity index is 1.55. The molecule has 0 spiro atoms. The predicted molar refractivity (Wildman–Crippen MR) is 108 cm³/mol. The van der Waals surface area contributed by atoms with Crippen molar-refractivity contribution < 1.29 is 9.53 Å². The van der Waals surface area contributed by atoms with Crippen molar-refractivity contribution in [2.24, 2.45) is 0 Å². The summed E-state index contributed by atoms with van der Waals surface area (Å²) in [5.41, 5.74) is 3.48. The lowest BCUT2D eigenvalue weighted by atomic mass is 9.93. The normalized spacial score (nSPS) is 16.6. The van der Waals surface area contributed by atoms with E-state index in [9.17, 15) is 4.79 Å². The van der Waals surface area contributed by atoms with Crippen LogP contribution in [0.15, 0.2) is 66.9 Å². The van der Waals surface area contributed by atoms with E-state index in [1.165, 1.54) is 0 Å². The van der Waals surface area contributed by atoms with E-state index < -0.39 is 0 Å². The summed E-state index contributed by atoms with van der Waals surface area (Å²) in [6, 6.07) is 19.5. The van der Waals surface area contributed by atoms with Gasteiger partial charge < -0.3 is 9.64 Å². The highest BCUT2D eigenvalue weighted by Gasteiger charge is 2.27. The summed E-state index contributed by atoms with van der Waals surface area (Å²) in [4.78, 5) is 23.8. The molecule has 5 heteroatoms. The maximum Gasteiger partial charge on any atom is 0.272 e. The van der Waals surface area contributed by atoms with Gasteiger partial charge in [-0.3, -0.25) is 14.8 Å². The molecule has 3 heterocycles. The number of pyridine rings is 2. The van der Waals surface area contributed by atoms with E-state index in [-0.39, 0.29) is 11.8 Å². The van der Waals surface area contributed by atoms with Gasteiger partial charge in [0.1, 0.15) is 11.4 Å². The van der Waals surface area contributed by atoms with Crippen LogP contribution >= 0.6 is 0 Å². The highest BCUT2D eigenvalue weighted by Crippen LogP contribution is 2.29. The minimum Gasteiger partial charge on any atom is -0.497 e. The van der Waals surface area contributed by atoms with E-state index in [0.717, 1.165) is 42.1 Å². The smallest absolute Gasteiger partial charge is 0.272 e. The molecule has 3 aromatic rings. The number of methoxy groups -OCH3 is 1. The zero-order valence-electron chi connectivity index (χ0n) is 15.9. The van der Waals surface area contributed by atoms with E-state index >= 15 is 0 Å². The van der Waals surface area contributed by atoms with Gasteiger partial charge in [0.15, 0.2) is 0 Å². The van der Waals surface area contributed by atoms with E-state index in [4.69, 9.17) is 9.72 Å². The van der Waals surface area contributed by atoms with Crippen molar-refractivity contribution in [3.05, 3.63) is 78.2 Å². The number of benzene rings is 1. The number of aromatic nitrogens is 2. The fourth-order valence-corrected chi connectivity index (χ4v) is 3.68. The lowest BCUT2D eigenvalue weighted by molar-refractivity contribution is 0.0700. The van der Waals surface area contributed by atoms with Gasteiger partial charge in [-0.15, -0.1) is 0 Å². The molecule has 1 amide bonds. The summed E-state index contributed by atoms with van der Waals surface area (Å²) >= 11 is 0. The summed E-state index contributed by atoms with van der Waals surface area (Å²) in [5.74, 6) is 1.04. The molecule has 0 aliphatic carbocycles. The molecule has 142 valence electrons. The average molecular weight is 373 g/mol. The fourth-order valence-electron chi connectivity index (χ4n) is 3.68. The monoisotopic (exact) mass is 373 g/mol. The van der Waals surface area contributed by atoms with E-state index in [0.29, 0.717) is 12.2 Å². The number of ether oxygens (including phenoxy) is 1. The average Bonchev–Trinajstić information content (AvgIpc) is 2.79.